The fourth-order valence-corrected chi connectivity index (χ4v) is 5.26. The highest BCUT2D eigenvalue weighted by atomic mass is 19.4. The molecule has 198 valence electrons. The van der Waals surface area contributed by atoms with Gasteiger partial charge >= 0.3 is 6.36 Å². The zero-order valence-corrected chi connectivity index (χ0v) is 21.7. The molecule has 0 unspecified atom stereocenters. The fraction of sp³-hybridized carbons (Fsp3) is 0.467. The molecule has 0 bridgehead atoms. The van der Waals surface area contributed by atoms with Gasteiger partial charge in [-0.15, -0.1) is 13.2 Å². The van der Waals surface area contributed by atoms with Gasteiger partial charge in [-0.3, -0.25) is 0 Å². The molecule has 4 rings (SSSR count). The summed E-state index contributed by atoms with van der Waals surface area (Å²) in [6, 6.07) is 14.6. The summed E-state index contributed by atoms with van der Waals surface area (Å²) in [7, 11) is 4.02. The van der Waals surface area contributed by atoms with Crippen LogP contribution in [0.4, 0.5) is 19.0 Å². The first-order valence-electron chi connectivity index (χ1n) is 13.2. The lowest BCUT2D eigenvalue weighted by Crippen LogP contribution is -2.18. The maximum absolute atomic E-state index is 12.6. The molecule has 0 atom stereocenters. The van der Waals surface area contributed by atoms with E-state index < -0.39 is 6.36 Å². The fourth-order valence-electron chi connectivity index (χ4n) is 5.26. The number of benzene rings is 2. The van der Waals surface area contributed by atoms with Gasteiger partial charge in [0.15, 0.2) is 0 Å². The molecule has 0 spiro atoms. The van der Waals surface area contributed by atoms with Crippen LogP contribution < -0.4 is 9.64 Å². The maximum Gasteiger partial charge on any atom is 0.573 e. The smallest absolute Gasteiger partial charge is 0.406 e. The van der Waals surface area contributed by atoms with E-state index >= 15 is 0 Å². The van der Waals surface area contributed by atoms with Gasteiger partial charge in [0.05, 0.1) is 5.52 Å². The predicted octanol–water partition coefficient (Wildman–Crippen LogP) is 7.91. The number of anilines is 1. The van der Waals surface area contributed by atoms with Crippen LogP contribution >= 0.6 is 0 Å². The molecule has 2 aromatic carbocycles. The number of allylic oxidation sites excluding steroid dienone is 2. The maximum atomic E-state index is 12.6. The van der Waals surface area contributed by atoms with Crippen LogP contribution in [0.5, 0.6) is 5.75 Å². The highest BCUT2D eigenvalue weighted by molar-refractivity contribution is 5.89. The minimum Gasteiger partial charge on any atom is -0.406 e. The molecule has 1 aliphatic rings. The Balaban J connectivity index is 1.19. The number of ether oxygens (including phenoxy) is 1. The van der Waals surface area contributed by atoms with E-state index in [4.69, 9.17) is 9.97 Å². The zero-order valence-electron chi connectivity index (χ0n) is 21.7. The zero-order chi connectivity index (χ0) is 26.3. The van der Waals surface area contributed by atoms with Gasteiger partial charge in [-0.25, -0.2) is 9.97 Å². The monoisotopic (exact) mass is 511 g/mol. The molecule has 1 saturated carbocycles. The van der Waals surface area contributed by atoms with Gasteiger partial charge in [0.2, 0.25) is 0 Å². The number of unbranched alkanes of at least 4 members (excludes halogenated alkanes) is 1. The molecule has 0 N–H and O–H groups in total. The van der Waals surface area contributed by atoms with Crippen LogP contribution in [0.15, 0.2) is 60.7 Å². The van der Waals surface area contributed by atoms with Crippen molar-refractivity contribution in [2.75, 3.05) is 19.0 Å². The van der Waals surface area contributed by atoms with Crippen molar-refractivity contribution in [1.82, 2.24) is 9.97 Å². The molecule has 3 aromatic rings. The normalized spacial score (nSPS) is 18.4. The SMILES string of the molecule is CN(C)c1nc(C/C=C/C2CCC(CCCCc3ccccc3OC(F)(F)F)CC2)nc2ccccc12. The summed E-state index contributed by atoms with van der Waals surface area (Å²) in [5, 5.41) is 1.07. The summed E-state index contributed by atoms with van der Waals surface area (Å²) < 4.78 is 42.0. The van der Waals surface area contributed by atoms with E-state index in [0.717, 1.165) is 48.2 Å². The van der Waals surface area contributed by atoms with Gasteiger partial charge in [0, 0.05) is 25.9 Å². The summed E-state index contributed by atoms with van der Waals surface area (Å²) in [4.78, 5) is 11.6. The molecule has 1 aliphatic carbocycles. The van der Waals surface area contributed by atoms with Crippen LogP contribution in [0.3, 0.4) is 0 Å². The molecule has 1 aromatic heterocycles. The summed E-state index contributed by atoms with van der Waals surface area (Å²) in [6.45, 7) is 0. The van der Waals surface area contributed by atoms with Crippen molar-refractivity contribution in [3.63, 3.8) is 0 Å². The molecule has 7 heteroatoms. The standard InChI is InChI=1S/C30H36F3N3O/c1-36(2)29-25-14-6-7-15-26(25)34-28(35-29)17-9-11-23-20-18-22(19-21-23)10-3-4-12-24-13-5-8-16-27(24)37-30(31,32)33/h5-9,11,13-16,22-23H,3-4,10,12,17-21H2,1-2H3/b11-9+. The molecule has 0 saturated heterocycles. The quantitative estimate of drug-likeness (QED) is 0.205. The van der Waals surface area contributed by atoms with E-state index in [1.807, 2.05) is 37.2 Å². The first kappa shape index (κ1) is 27.0. The Morgan fingerprint density at radius 3 is 2.43 bits per heavy atom. The Bertz CT molecular complexity index is 1180. The van der Waals surface area contributed by atoms with Crippen molar-refractivity contribution < 1.29 is 17.9 Å². The van der Waals surface area contributed by atoms with E-state index in [2.05, 4.69) is 23.0 Å². The van der Waals surface area contributed by atoms with Crippen molar-refractivity contribution in [1.29, 1.82) is 0 Å². The molecule has 0 amide bonds. The molecule has 0 radical (unpaired) electrons. The highest BCUT2D eigenvalue weighted by Gasteiger charge is 2.31. The van der Waals surface area contributed by atoms with Crippen LogP contribution in [-0.2, 0) is 12.8 Å². The lowest BCUT2D eigenvalue weighted by molar-refractivity contribution is -0.274. The van der Waals surface area contributed by atoms with Gasteiger partial charge < -0.3 is 9.64 Å². The van der Waals surface area contributed by atoms with E-state index in [0.29, 0.717) is 23.8 Å². The number of alkyl halides is 3. The number of nitrogens with zero attached hydrogens (tertiary/aromatic N) is 3. The van der Waals surface area contributed by atoms with Gasteiger partial charge in [-0.2, -0.15) is 0 Å². The Labute approximate surface area is 217 Å². The van der Waals surface area contributed by atoms with Crippen LogP contribution in [-0.4, -0.2) is 30.4 Å². The van der Waals surface area contributed by atoms with E-state index in [1.54, 1.807) is 18.2 Å². The van der Waals surface area contributed by atoms with Crippen LogP contribution in [0, 0.1) is 11.8 Å². The molecule has 1 heterocycles. The summed E-state index contributed by atoms with van der Waals surface area (Å²) in [6.07, 6.45) is 9.06. The minimum atomic E-state index is -4.65. The number of halogens is 3. The first-order chi connectivity index (χ1) is 17.8. The Morgan fingerprint density at radius 2 is 1.68 bits per heavy atom. The third kappa shape index (κ3) is 7.94. The van der Waals surface area contributed by atoms with Crippen LogP contribution in [0.2, 0.25) is 0 Å². The van der Waals surface area contributed by atoms with Crippen molar-refractivity contribution in [3.05, 3.63) is 72.1 Å². The third-order valence-electron chi connectivity index (χ3n) is 7.16. The van der Waals surface area contributed by atoms with Crippen molar-refractivity contribution >= 4 is 16.7 Å². The van der Waals surface area contributed by atoms with Gasteiger partial charge in [0.1, 0.15) is 17.4 Å². The average Bonchev–Trinajstić information content (AvgIpc) is 2.87. The molecule has 0 aliphatic heterocycles. The van der Waals surface area contributed by atoms with Crippen LogP contribution in [0.25, 0.3) is 10.9 Å². The summed E-state index contributed by atoms with van der Waals surface area (Å²) >= 11 is 0. The number of aryl methyl sites for hydroxylation is 1. The van der Waals surface area contributed by atoms with Crippen molar-refractivity contribution in [2.24, 2.45) is 11.8 Å². The lowest BCUT2D eigenvalue weighted by atomic mass is 9.79. The van der Waals surface area contributed by atoms with E-state index in [-0.39, 0.29) is 5.75 Å². The van der Waals surface area contributed by atoms with Crippen molar-refractivity contribution in [3.8, 4) is 5.75 Å². The Kier molecular flexibility index (Phi) is 9.06. The molecule has 37 heavy (non-hydrogen) atoms. The lowest BCUT2D eigenvalue weighted by Gasteiger charge is -2.26. The summed E-state index contributed by atoms with van der Waals surface area (Å²) in [5.74, 6) is 3.02. The number of fused-ring (bicyclic) bond motifs is 1. The Hall–Kier alpha value is -3.09. The minimum absolute atomic E-state index is 0.0747. The second kappa shape index (κ2) is 12.4. The number of para-hydroxylation sites is 2. The second-order valence-electron chi connectivity index (χ2n) is 10.2. The largest absolute Gasteiger partial charge is 0.573 e. The molecular weight excluding hydrogens is 475 g/mol. The third-order valence-corrected chi connectivity index (χ3v) is 7.16. The Morgan fingerprint density at radius 1 is 0.946 bits per heavy atom. The summed E-state index contributed by atoms with van der Waals surface area (Å²) in [5.41, 5.74) is 1.60. The second-order valence-corrected chi connectivity index (χ2v) is 10.2. The van der Waals surface area contributed by atoms with Crippen molar-refractivity contribution in [2.45, 2.75) is 64.1 Å². The van der Waals surface area contributed by atoms with Crippen LogP contribution in [0.1, 0.15) is 56.3 Å². The number of hydrogen-bond donors (Lipinski definition) is 0. The van der Waals surface area contributed by atoms with E-state index in [9.17, 15) is 13.2 Å². The first-order valence-corrected chi connectivity index (χ1v) is 13.2. The highest BCUT2D eigenvalue weighted by Crippen LogP contribution is 2.33. The number of aromatic nitrogens is 2. The topological polar surface area (TPSA) is 38.2 Å². The van der Waals surface area contributed by atoms with Gasteiger partial charge in [-0.1, -0.05) is 55.3 Å². The van der Waals surface area contributed by atoms with Gasteiger partial charge in [-0.05, 0) is 74.1 Å². The molecular formula is C30H36F3N3O. The van der Waals surface area contributed by atoms with E-state index in [1.165, 1.54) is 31.7 Å². The number of rotatable bonds is 10. The van der Waals surface area contributed by atoms with Gasteiger partial charge in [0.25, 0.3) is 0 Å². The average molecular weight is 512 g/mol. The molecule has 4 nitrogen and oxygen atoms in total. The predicted molar refractivity (Wildman–Crippen MR) is 143 cm³/mol. The molecule has 1 fully saturated rings. The number of hydrogen-bond acceptors (Lipinski definition) is 4.